The Labute approximate surface area is 189 Å². The van der Waals surface area contributed by atoms with Gasteiger partial charge in [0, 0.05) is 29.7 Å². The third kappa shape index (κ3) is 5.37. The highest BCUT2D eigenvalue weighted by atomic mass is 35.5. The number of anilines is 1. The van der Waals surface area contributed by atoms with Crippen LogP contribution in [0.25, 0.3) is 5.69 Å². The average Bonchev–Trinajstić information content (AvgIpc) is 3.26. The van der Waals surface area contributed by atoms with Crippen LogP contribution >= 0.6 is 11.6 Å². The molecule has 11 heteroatoms. The van der Waals surface area contributed by atoms with Gasteiger partial charge in [-0.3, -0.25) is 4.79 Å². The second-order valence-electron chi connectivity index (χ2n) is 7.54. The summed E-state index contributed by atoms with van der Waals surface area (Å²) in [6, 6.07) is 5.70. The number of carbonyl (C=O) groups is 1. The lowest BCUT2D eigenvalue weighted by Crippen LogP contribution is -2.46. The number of aryl methyl sites for hydroxylation is 1. The minimum atomic E-state index is -2.69. The quantitative estimate of drug-likeness (QED) is 0.535. The smallest absolute Gasteiger partial charge is 0.280 e. The van der Waals surface area contributed by atoms with Crippen LogP contribution in [0.3, 0.4) is 0 Å². The zero-order valence-corrected chi connectivity index (χ0v) is 18.9. The molecule has 0 fully saturated rings. The van der Waals surface area contributed by atoms with Crippen molar-refractivity contribution in [2.45, 2.75) is 46.2 Å². The number of hydrogen-bond acceptors (Lipinski definition) is 6. The first-order valence-corrected chi connectivity index (χ1v) is 10.4. The second kappa shape index (κ2) is 9.99. The maximum Gasteiger partial charge on any atom is 0.280 e. The molecule has 2 heterocycles. The molecular formula is C21H24ClF2N7O. The van der Waals surface area contributed by atoms with Crippen molar-refractivity contribution in [3.05, 3.63) is 58.8 Å². The number of rotatable bonds is 8. The van der Waals surface area contributed by atoms with E-state index >= 15 is 0 Å². The number of hydrogen-bond donors (Lipinski definition) is 1. The Balaban J connectivity index is 1.84. The number of nitrogens with one attached hydrogen (secondary N) is 1. The summed E-state index contributed by atoms with van der Waals surface area (Å²) in [6.07, 6.45) is 0.348. The molecule has 2 aromatic heterocycles. The van der Waals surface area contributed by atoms with Gasteiger partial charge in [0.15, 0.2) is 0 Å². The Kier molecular flexibility index (Phi) is 7.34. The largest absolute Gasteiger partial charge is 0.368 e. The summed E-state index contributed by atoms with van der Waals surface area (Å²) in [5.74, 6) is 0.265. The molecule has 0 radical (unpaired) electrons. The lowest BCUT2D eigenvalue weighted by Gasteiger charge is -2.33. The van der Waals surface area contributed by atoms with Gasteiger partial charge < -0.3 is 10.2 Å². The van der Waals surface area contributed by atoms with E-state index in [1.807, 2.05) is 20.8 Å². The monoisotopic (exact) mass is 463 g/mol. The zero-order valence-electron chi connectivity index (χ0n) is 18.1. The van der Waals surface area contributed by atoms with Crippen LogP contribution in [-0.4, -0.2) is 54.4 Å². The molecule has 1 N–H and O–H groups in total. The molecule has 1 atom stereocenters. The van der Waals surface area contributed by atoms with Crippen LogP contribution in [0, 0.1) is 6.92 Å². The Bertz CT molecular complexity index is 1080. The standard InChI is InChI=1S/C21H24ClF2N7O/c1-12(2)30(13(3)11-25-19-10-17(20(23)24)28-14(4)29-19)21(32)16-9-15(22)5-6-18(16)31-26-7-8-27-31/h5-10,12-13,20H,11H2,1-4H3,(H,25,28,29)/t13-/m0/s1. The molecule has 0 saturated carbocycles. The molecule has 8 nitrogen and oxygen atoms in total. The van der Waals surface area contributed by atoms with Crippen molar-refractivity contribution >= 4 is 23.3 Å². The maximum atomic E-state index is 13.6. The fourth-order valence-electron chi connectivity index (χ4n) is 3.42. The van der Waals surface area contributed by atoms with E-state index in [9.17, 15) is 13.6 Å². The van der Waals surface area contributed by atoms with Gasteiger partial charge in [-0.15, -0.1) is 0 Å². The molecule has 0 aliphatic carbocycles. The molecule has 0 bridgehead atoms. The van der Waals surface area contributed by atoms with Crippen molar-refractivity contribution in [3.8, 4) is 5.69 Å². The summed E-state index contributed by atoms with van der Waals surface area (Å²) >= 11 is 6.17. The predicted octanol–water partition coefficient (Wildman–Crippen LogP) is 4.31. The second-order valence-corrected chi connectivity index (χ2v) is 7.98. The Morgan fingerprint density at radius 1 is 1.16 bits per heavy atom. The van der Waals surface area contributed by atoms with E-state index in [0.29, 0.717) is 22.8 Å². The van der Waals surface area contributed by atoms with Gasteiger partial charge in [0.2, 0.25) is 0 Å². The van der Waals surface area contributed by atoms with Crippen molar-refractivity contribution in [1.82, 2.24) is 29.9 Å². The fourth-order valence-corrected chi connectivity index (χ4v) is 3.59. The Morgan fingerprint density at radius 2 is 1.84 bits per heavy atom. The summed E-state index contributed by atoms with van der Waals surface area (Å²) in [5, 5.41) is 11.7. The lowest BCUT2D eigenvalue weighted by atomic mass is 10.1. The summed E-state index contributed by atoms with van der Waals surface area (Å²) in [5.41, 5.74) is 0.509. The van der Waals surface area contributed by atoms with Gasteiger partial charge in [-0.2, -0.15) is 15.0 Å². The van der Waals surface area contributed by atoms with Gasteiger partial charge in [-0.05, 0) is 45.9 Å². The van der Waals surface area contributed by atoms with Gasteiger partial charge in [0.25, 0.3) is 12.3 Å². The van der Waals surface area contributed by atoms with Gasteiger partial charge in [-0.25, -0.2) is 18.7 Å². The Hall–Kier alpha value is -3.14. The summed E-state index contributed by atoms with van der Waals surface area (Å²) in [7, 11) is 0. The molecule has 0 saturated heterocycles. The van der Waals surface area contributed by atoms with Crippen LogP contribution in [0.1, 0.15) is 49.1 Å². The lowest BCUT2D eigenvalue weighted by molar-refractivity contribution is 0.0637. The third-order valence-electron chi connectivity index (χ3n) is 4.75. The molecule has 3 rings (SSSR count). The molecule has 0 aliphatic heterocycles. The van der Waals surface area contributed by atoms with E-state index in [4.69, 9.17) is 11.6 Å². The minimum Gasteiger partial charge on any atom is -0.368 e. The summed E-state index contributed by atoms with van der Waals surface area (Å²) < 4.78 is 26.1. The van der Waals surface area contributed by atoms with Crippen LogP contribution in [0.4, 0.5) is 14.6 Å². The first kappa shape index (κ1) is 23.5. The Morgan fingerprint density at radius 3 is 2.47 bits per heavy atom. The molecule has 1 aromatic carbocycles. The van der Waals surface area contributed by atoms with E-state index in [-0.39, 0.29) is 35.3 Å². The van der Waals surface area contributed by atoms with Crippen molar-refractivity contribution in [1.29, 1.82) is 0 Å². The highest BCUT2D eigenvalue weighted by Gasteiger charge is 2.27. The van der Waals surface area contributed by atoms with Gasteiger partial charge in [0.05, 0.1) is 23.6 Å². The molecule has 0 aliphatic rings. The molecule has 170 valence electrons. The van der Waals surface area contributed by atoms with Gasteiger partial charge in [-0.1, -0.05) is 11.6 Å². The molecule has 32 heavy (non-hydrogen) atoms. The SMILES string of the molecule is Cc1nc(NC[C@H](C)N(C(=O)c2cc(Cl)ccc2-n2nccn2)C(C)C)cc(C(F)F)n1. The van der Waals surface area contributed by atoms with E-state index in [1.165, 1.54) is 23.3 Å². The topological polar surface area (TPSA) is 88.8 Å². The van der Waals surface area contributed by atoms with Crippen LogP contribution in [0.15, 0.2) is 36.7 Å². The maximum absolute atomic E-state index is 13.6. The van der Waals surface area contributed by atoms with Crippen LogP contribution in [0.5, 0.6) is 0 Å². The van der Waals surface area contributed by atoms with Crippen LogP contribution < -0.4 is 5.32 Å². The zero-order chi connectivity index (χ0) is 23.4. The highest BCUT2D eigenvalue weighted by molar-refractivity contribution is 6.31. The third-order valence-corrected chi connectivity index (χ3v) is 4.98. The van der Waals surface area contributed by atoms with Gasteiger partial charge >= 0.3 is 0 Å². The normalized spacial score (nSPS) is 12.3. The number of amides is 1. The minimum absolute atomic E-state index is 0.152. The van der Waals surface area contributed by atoms with E-state index in [0.717, 1.165) is 0 Å². The van der Waals surface area contributed by atoms with Crippen molar-refractivity contribution in [2.75, 3.05) is 11.9 Å². The van der Waals surface area contributed by atoms with E-state index in [1.54, 1.807) is 30.0 Å². The van der Waals surface area contributed by atoms with E-state index < -0.39 is 6.43 Å². The van der Waals surface area contributed by atoms with Crippen molar-refractivity contribution < 1.29 is 13.6 Å². The van der Waals surface area contributed by atoms with Crippen molar-refractivity contribution in [3.63, 3.8) is 0 Å². The fraction of sp³-hybridized carbons (Fsp3) is 0.381. The molecule has 0 spiro atoms. The number of carbonyl (C=O) groups excluding carboxylic acids is 1. The molecule has 3 aromatic rings. The molecule has 0 unspecified atom stereocenters. The number of benzene rings is 1. The van der Waals surface area contributed by atoms with Crippen LogP contribution in [0.2, 0.25) is 5.02 Å². The van der Waals surface area contributed by atoms with Crippen molar-refractivity contribution in [2.24, 2.45) is 0 Å². The van der Waals surface area contributed by atoms with Gasteiger partial charge in [0.1, 0.15) is 17.3 Å². The highest BCUT2D eigenvalue weighted by Crippen LogP contribution is 2.23. The van der Waals surface area contributed by atoms with E-state index in [2.05, 4.69) is 25.5 Å². The van der Waals surface area contributed by atoms with Crippen LogP contribution in [-0.2, 0) is 0 Å². The number of aromatic nitrogens is 5. The average molecular weight is 464 g/mol. The number of nitrogens with zero attached hydrogens (tertiary/aromatic N) is 6. The summed E-state index contributed by atoms with van der Waals surface area (Å²) in [6.45, 7) is 7.50. The summed E-state index contributed by atoms with van der Waals surface area (Å²) in [4.78, 5) is 24.5. The molecule has 1 amide bonds. The number of alkyl halides is 2. The predicted molar refractivity (Wildman–Crippen MR) is 117 cm³/mol. The number of halogens is 3. The first-order chi connectivity index (χ1) is 15.2. The molecular weight excluding hydrogens is 440 g/mol. The first-order valence-electron chi connectivity index (χ1n) is 10.0.